The van der Waals surface area contributed by atoms with Crippen LogP contribution in [0.5, 0.6) is 0 Å². The van der Waals surface area contributed by atoms with Gasteiger partial charge in [-0.2, -0.15) is 0 Å². The van der Waals surface area contributed by atoms with Crippen molar-refractivity contribution in [2.24, 2.45) is 11.8 Å². The summed E-state index contributed by atoms with van der Waals surface area (Å²) < 4.78 is 31.8. The van der Waals surface area contributed by atoms with Gasteiger partial charge in [-0.05, 0) is 82.6 Å². The van der Waals surface area contributed by atoms with Crippen LogP contribution in [0.1, 0.15) is 58.8 Å². The molecule has 2 aromatic heterocycles. The zero-order valence-electron chi connectivity index (χ0n) is 23.6. The number of anilines is 1. The molecule has 0 amide bonds. The number of halogens is 2. The lowest BCUT2D eigenvalue weighted by Crippen LogP contribution is -2.35. The molecule has 1 unspecified atom stereocenters. The summed E-state index contributed by atoms with van der Waals surface area (Å²) in [6.45, 7) is 17.7. The van der Waals surface area contributed by atoms with E-state index < -0.39 is 11.6 Å². The van der Waals surface area contributed by atoms with Gasteiger partial charge in [-0.25, -0.2) is 23.7 Å². The number of hydrogen-bond acceptors (Lipinski definition) is 5. The third kappa shape index (κ3) is 5.96. The van der Waals surface area contributed by atoms with Crippen molar-refractivity contribution in [1.29, 1.82) is 0 Å². The van der Waals surface area contributed by atoms with Crippen LogP contribution in [0.15, 0.2) is 53.9 Å². The first-order chi connectivity index (χ1) is 18.6. The lowest BCUT2D eigenvalue weighted by Gasteiger charge is -2.31. The lowest BCUT2D eigenvalue weighted by molar-refractivity contribution is 0.237. The van der Waals surface area contributed by atoms with Gasteiger partial charge in [-0.3, -0.25) is 4.90 Å². The number of hydrogen-bond donors (Lipinski definition) is 1. The first-order valence-electron chi connectivity index (χ1n) is 13.9. The second kappa shape index (κ2) is 11.0. The standard InChI is InChI=1S/C31H38F2N6/c1-18(2)39-22(6)36-30-26(32)13-25(14-28(30)39)29-27(33)15-34-31(37-29)35-21(5)7-8-24-17-38(12-11-19(24)3)16-20(4)23-9-10-23/h7-8,13-15,18,20,23H,5,9-12,16-17H2,1-4,6H3,(H,34,35,37)/b8-7-. The Morgan fingerprint density at radius 3 is 2.64 bits per heavy atom. The van der Waals surface area contributed by atoms with E-state index >= 15 is 0 Å². The second-order valence-corrected chi connectivity index (χ2v) is 11.4. The number of nitrogens with zero attached hydrogens (tertiary/aromatic N) is 5. The minimum atomic E-state index is -0.628. The van der Waals surface area contributed by atoms with Crippen molar-refractivity contribution >= 4 is 17.0 Å². The molecule has 0 spiro atoms. The van der Waals surface area contributed by atoms with Crippen LogP contribution >= 0.6 is 0 Å². The summed E-state index contributed by atoms with van der Waals surface area (Å²) in [4.78, 5) is 15.4. The van der Waals surface area contributed by atoms with Crippen LogP contribution in [0.2, 0.25) is 0 Å². The first-order valence-corrected chi connectivity index (χ1v) is 13.9. The Balaban J connectivity index is 1.32. The molecule has 1 aliphatic carbocycles. The van der Waals surface area contributed by atoms with Crippen LogP contribution < -0.4 is 5.32 Å². The summed E-state index contributed by atoms with van der Waals surface area (Å²) >= 11 is 0. The number of allylic oxidation sites excluding steroid dienone is 1. The van der Waals surface area contributed by atoms with E-state index in [9.17, 15) is 8.78 Å². The van der Waals surface area contributed by atoms with Crippen molar-refractivity contribution in [3.8, 4) is 11.3 Å². The van der Waals surface area contributed by atoms with Gasteiger partial charge in [0.1, 0.15) is 17.0 Å². The molecule has 5 rings (SSSR count). The van der Waals surface area contributed by atoms with Gasteiger partial charge < -0.3 is 9.88 Å². The van der Waals surface area contributed by atoms with Crippen molar-refractivity contribution in [3.05, 3.63) is 71.4 Å². The van der Waals surface area contributed by atoms with E-state index in [4.69, 9.17) is 0 Å². The lowest BCUT2D eigenvalue weighted by atomic mass is 9.98. The zero-order chi connectivity index (χ0) is 27.8. The van der Waals surface area contributed by atoms with Crippen LogP contribution in [0.25, 0.3) is 22.3 Å². The maximum atomic E-state index is 15.0. The average Bonchev–Trinajstić information content (AvgIpc) is 3.67. The minimum Gasteiger partial charge on any atom is -0.326 e. The number of aryl methyl sites for hydroxylation is 1. The molecule has 1 fully saturated rings. The van der Waals surface area contributed by atoms with Gasteiger partial charge in [0.15, 0.2) is 11.6 Å². The highest BCUT2D eigenvalue weighted by molar-refractivity contribution is 5.83. The maximum Gasteiger partial charge on any atom is 0.227 e. The summed E-state index contributed by atoms with van der Waals surface area (Å²) in [5, 5.41) is 3.07. The van der Waals surface area contributed by atoms with E-state index in [0.717, 1.165) is 44.1 Å². The maximum absolute atomic E-state index is 15.0. The Labute approximate surface area is 229 Å². The smallest absolute Gasteiger partial charge is 0.227 e. The fourth-order valence-electron chi connectivity index (χ4n) is 5.59. The topological polar surface area (TPSA) is 58.9 Å². The Morgan fingerprint density at radius 1 is 1.15 bits per heavy atom. The van der Waals surface area contributed by atoms with Crippen LogP contribution in [0, 0.1) is 30.4 Å². The molecular weight excluding hydrogens is 494 g/mol. The van der Waals surface area contributed by atoms with E-state index in [1.807, 2.05) is 31.4 Å². The average molecular weight is 533 g/mol. The highest BCUT2D eigenvalue weighted by Crippen LogP contribution is 2.37. The molecule has 6 nitrogen and oxygen atoms in total. The van der Waals surface area contributed by atoms with Crippen molar-refractivity contribution in [2.75, 3.05) is 25.0 Å². The van der Waals surface area contributed by atoms with Crippen LogP contribution in [0.4, 0.5) is 14.7 Å². The number of imidazole rings is 1. The molecule has 2 aliphatic rings. The van der Waals surface area contributed by atoms with Crippen molar-refractivity contribution < 1.29 is 8.78 Å². The number of aromatic nitrogens is 4. The predicted molar refractivity (Wildman–Crippen MR) is 153 cm³/mol. The SMILES string of the molecule is C=C(/C=C\C1=C(C)CCN(CC(C)C2CC2)C1)Nc1ncc(F)c(-c2cc(F)c3nc(C)n(C(C)C)c3c2)n1. The molecule has 0 bridgehead atoms. The number of benzene rings is 1. The second-order valence-electron chi connectivity index (χ2n) is 11.4. The Kier molecular flexibility index (Phi) is 7.67. The summed E-state index contributed by atoms with van der Waals surface area (Å²) in [7, 11) is 0. The molecule has 1 N–H and O–H groups in total. The van der Waals surface area contributed by atoms with E-state index in [-0.39, 0.29) is 23.2 Å². The van der Waals surface area contributed by atoms with Crippen molar-refractivity contribution in [1.82, 2.24) is 24.4 Å². The third-order valence-corrected chi connectivity index (χ3v) is 7.94. The molecule has 1 atom stereocenters. The predicted octanol–water partition coefficient (Wildman–Crippen LogP) is 7.21. The number of nitrogens with one attached hydrogen (secondary N) is 1. The van der Waals surface area contributed by atoms with E-state index in [1.54, 1.807) is 6.07 Å². The minimum absolute atomic E-state index is 0.0190. The molecule has 206 valence electrons. The highest BCUT2D eigenvalue weighted by Gasteiger charge is 2.29. The van der Waals surface area contributed by atoms with Gasteiger partial charge in [0.25, 0.3) is 0 Å². The Morgan fingerprint density at radius 2 is 1.92 bits per heavy atom. The van der Waals surface area contributed by atoms with Gasteiger partial charge in [0.2, 0.25) is 5.95 Å². The normalized spacial score (nSPS) is 17.5. The monoisotopic (exact) mass is 532 g/mol. The number of rotatable bonds is 9. The van der Waals surface area contributed by atoms with Crippen LogP contribution in [-0.4, -0.2) is 44.1 Å². The summed E-state index contributed by atoms with van der Waals surface area (Å²) in [5.74, 6) is 1.41. The van der Waals surface area contributed by atoms with Gasteiger partial charge in [-0.1, -0.05) is 25.2 Å². The molecule has 3 aromatic rings. The molecule has 39 heavy (non-hydrogen) atoms. The Bertz CT molecular complexity index is 1460. The molecule has 1 saturated carbocycles. The number of fused-ring (bicyclic) bond motifs is 1. The van der Waals surface area contributed by atoms with E-state index in [1.165, 1.54) is 30.1 Å². The highest BCUT2D eigenvalue weighted by atomic mass is 19.1. The van der Waals surface area contributed by atoms with E-state index in [2.05, 4.69) is 51.7 Å². The molecular formula is C31H38F2N6. The zero-order valence-corrected chi connectivity index (χ0v) is 23.6. The van der Waals surface area contributed by atoms with E-state index in [0.29, 0.717) is 22.6 Å². The van der Waals surface area contributed by atoms with Crippen molar-refractivity contribution in [3.63, 3.8) is 0 Å². The fourth-order valence-corrected chi connectivity index (χ4v) is 5.59. The molecule has 8 heteroatoms. The molecule has 0 saturated heterocycles. The third-order valence-electron chi connectivity index (χ3n) is 7.94. The van der Waals surface area contributed by atoms with Crippen molar-refractivity contribution in [2.45, 2.75) is 59.9 Å². The fraction of sp³-hybridized carbons (Fsp3) is 0.452. The molecule has 1 aliphatic heterocycles. The Hall–Kier alpha value is -3.39. The summed E-state index contributed by atoms with van der Waals surface area (Å²) in [5.41, 5.74) is 4.50. The summed E-state index contributed by atoms with van der Waals surface area (Å²) in [6, 6.07) is 3.08. The quantitative estimate of drug-likeness (QED) is 0.295. The molecule has 0 radical (unpaired) electrons. The van der Waals surface area contributed by atoms with Crippen LogP contribution in [-0.2, 0) is 0 Å². The molecule has 3 heterocycles. The summed E-state index contributed by atoms with van der Waals surface area (Å²) in [6.07, 6.45) is 8.93. The van der Waals surface area contributed by atoms with Gasteiger partial charge in [0.05, 0.1) is 11.7 Å². The molecule has 1 aromatic carbocycles. The van der Waals surface area contributed by atoms with Gasteiger partial charge >= 0.3 is 0 Å². The largest absolute Gasteiger partial charge is 0.326 e. The first kappa shape index (κ1) is 27.2. The van der Waals surface area contributed by atoms with Gasteiger partial charge in [0, 0.05) is 36.9 Å². The van der Waals surface area contributed by atoms with Crippen LogP contribution in [0.3, 0.4) is 0 Å². The van der Waals surface area contributed by atoms with Gasteiger partial charge in [-0.15, -0.1) is 0 Å².